The van der Waals surface area contributed by atoms with E-state index in [4.69, 9.17) is 14.2 Å². The van der Waals surface area contributed by atoms with E-state index in [9.17, 15) is 29.3 Å². The van der Waals surface area contributed by atoms with Crippen LogP contribution in [0, 0.1) is 16.0 Å². The van der Waals surface area contributed by atoms with Crippen molar-refractivity contribution in [1.82, 2.24) is 0 Å². The summed E-state index contributed by atoms with van der Waals surface area (Å²) >= 11 is 0. The Hall–Kier alpha value is -5.06. The molecule has 4 rings (SSSR count). The Morgan fingerprint density at radius 3 is 2.12 bits per heavy atom. The van der Waals surface area contributed by atoms with Gasteiger partial charge in [0.25, 0.3) is 5.69 Å². The third-order valence-corrected chi connectivity index (χ3v) is 6.66. The molecule has 3 aromatic rings. The number of ether oxygens (including phenoxy) is 3. The second-order valence-corrected chi connectivity index (χ2v) is 9.70. The van der Waals surface area contributed by atoms with E-state index < -0.39 is 35.2 Å². The lowest BCUT2D eigenvalue weighted by atomic mass is 10.1. The Bertz CT molecular complexity index is 1430. The van der Waals surface area contributed by atoms with Crippen LogP contribution in [0.4, 0.5) is 11.4 Å². The average molecular weight is 575 g/mol. The van der Waals surface area contributed by atoms with Gasteiger partial charge >= 0.3 is 11.9 Å². The zero-order valence-corrected chi connectivity index (χ0v) is 23.0. The van der Waals surface area contributed by atoms with Crippen LogP contribution in [0.5, 0.6) is 11.5 Å². The number of amides is 1. The first-order chi connectivity index (χ1) is 20.2. The highest BCUT2D eigenvalue weighted by atomic mass is 16.6. The first kappa shape index (κ1) is 29.9. The highest BCUT2D eigenvalue weighted by Gasteiger charge is 2.36. The number of unbranched alkanes of at least 4 members (excludes halogenated alkanes) is 2. The Balaban J connectivity index is 1.25. The molecule has 0 unspecified atom stereocenters. The maximum Gasteiger partial charge on any atom is 0.338 e. The molecule has 1 aliphatic rings. The first-order valence-electron chi connectivity index (χ1n) is 13.5. The van der Waals surface area contributed by atoms with E-state index in [-0.39, 0.29) is 24.6 Å². The van der Waals surface area contributed by atoms with Crippen molar-refractivity contribution < 1.29 is 38.3 Å². The van der Waals surface area contributed by atoms with Gasteiger partial charge in [-0.05, 0) is 67.1 Å². The number of ketones is 1. The largest absolute Gasteiger partial charge is 0.462 e. The van der Waals surface area contributed by atoms with E-state index in [1.165, 1.54) is 41.3 Å². The standard InChI is InChI=1S/C31H30N2O9/c1-2-3-4-17-40-30(36)22-5-9-24(10-6-22)32-19-23(18-29(32)35)31(37)41-20-28(34)21-7-13-26(14-8-21)42-27-15-11-25(12-16-27)33(38)39/h5-16,23H,2-4,17-20H2,1H3/t23-/m0/s1. The first-order valence-corrected chi connectivity index (χ1v) is 13.5. The number of carbonyl (C=O) groups excluding carboxylic acids is 4. The van der Waals surface area contributed by atoms with Crippen molar-refractivity contribution in [1.29, 1.82) is 0 Å². The molecule has 11 heteroatoms. The Morgan fingerprint density at radius 1 is 0.881 bits per heavy atom. The summed E-state index contributed by atoms with van der Waals surface area (Å²) in [7, 11) is 0. The van der Waals surface area contributed by atoms with Crippen molar-refractivity contribution in [3.05, 3.63) is 94.0 Å². The van der Waals surface area contributed by atoms with Crippen LogP contribution in [-0.4, -0.2) is 48.3 Å². The molecule has 0 N–H and O–H groups in total. The number of hydrogen-bond acceptors (Lipinski definition) is 9. The number of nitro groups is 1. The molecule has 1 amide bonds. The third kappa shape index (κ3) is 7.78. The van der Waals surface area contributed by atoms with Crippen LogP contribution in [0.3, 0.4) is 0 Å². The average Bonchev–Trinajstić information content (AvgIpc) is 3.40. The van der Waals surface area contributed by atoms with Crippen molar-refractivity contribution in [2.75, 3.05) is 24.7 Å². The zero-order chi connectivity index (χ0) is 30.1. The molecule has 0 bridgehead atoms. The van der Waals surface area contributed by atoms with E-state index >= 15 is 0 Å². The summed E-state index contributed by atoms with van der Waals surface area (Å²) in [4.78, 5) is 61.7. The van der Waals surface area contributed by atoms with E-state index in [0.29, 0.717) is 34.9 Å². The molecule has 218 valence electrons. The summed E-state index contributed by atoms with van der Waals surface area (Å²) in [5.41, 5.74) is 1.16. The van der Waals surface area contributed by atoms with Crippen LogP contribution in [0.25, 0.3) is 0 Å². The third-order valence-electron chi connectivity index (χ3n) is 6.66. The molecule has 11 nitrogen and oxygen atoms in total. The number of hydrogen-bond donors (Lipinski definition) is 0. The predicted octanol–water partition coefficient (Wildman–Crippen LogP) is 5.51. The number of Topliss-reactive ketones (excluding diaryl/α,β-unsaturated/α-hetero) is 1. The molecule has 0 spiro atoms. The Morgan fingerprint density at radius 2 is 1.50 bits per heavy atom. The van der Waals surface area contributed by atoms with Gasteiger partial charge in [-0.2, -0.15) is 0 Å². The molecule has 42 heavy (non-hydrogen) atoms. The van der Waals surface area contributed by atoms with Crippen molar-refractivity contribution in [3.63, 3.8) is 0 Å². The van der Waals surface area contributed by atoms with Gasteiger partial charge in [0.2, 0.25) is 5.91 Å². The number of non-ortho nitro benzene ring substituents is 1. The fraction of sp³-hybridized carbons (Fsp3) is 0.290. The lowest BCUT2D eigenvalue weighted by Crippen LogP contribution is -2.27. The molecule has 1 fully saturated rings. The number of nitrogens with zero attached hydrogens (tertiary/aromatic N) is 2. The van der Waals surface area contributed by atoms with Crippen LogP contribution >= 0.6 is 0 Å². The smallest absolute Gasteiger partial charge is 0.338 e. The minimum absolute atomic E-state index is 0.0527. The maximum absolute atomic E-state index is 12.6. The summed E-state index contributed by atoms with van der Waals surface area (Å²) in [6.45, 7) is 2.04. The predicted molar refractivity (Wildman–Crippen MR) is 152 cm³/mol. The van der Waals surface area contributed by atoms with Gasteiger partial charge in [-0.3, -0.25) is 24.5 Å². The summed E-state index contributed by atoms with van der Waals surface area (Å²) in [5, 5.41) is 10.8. The molecule has 1 saturated heterocycles. The molecule has 3 aromatic carbocycles. The van der Waals surface area contributed by atoms with E-state index in [1.807, 2.05) is 0 Å². The SMILES string of the molecule is CCCCCOC(=O)c1ccc(N2C[C@@H](C(=O)OCC(=O)c3ccc(Oc4ccc([N+](=O)[O-])cc4)cc3)CC2=O)cc1. The second-order valence-electron chi connectivity index (χ2n) is 9.70. The van der Waals surface area contributed by atoms with Crippen LogP contribution in [0.1, 0.15) is 53.3 Å². The topological polar surface area (TPSA) is 142 Å². The van der Waals surface area contributed by atoms with Crippen molar-refractivity contribution in [2.45, 2.75) is 32.6 Å². The van der Waals surface area contributed by atoms with Crippen molar-refractivity contribution in [3.8, 4) is 11.5 Å². The molecule has 1 aliphatic heterocycles. The fourth-order valence-electron chi connectivity index (χ4n) is 4.31. The van der Waals surface area contributed by atoms with Gasteiger partial charge in [-0.25, -0.2) is 4.79 Å². The minimum atomic E-state index is -0.731. The minimum Gasteiger partial charge on any atom is -0.462 e. The van der Waals surface area contributed by atoms with Gasteiger partial charge in [-0.1, -0.05) is 19.8 Å². The molecule has 1 atom stereocenters. The zero-order valence-electron chi connectivity index (χ0n) is 23.0. The summed E-state index contributed by atoms with van der Waals surface area (Å²) in [6.07, 6.45) is 2.76. The van der Waals surface area contributed by atoms with E-state index in [1.54, 1.807) is 36.4 Å². The van der Waals surface area contributed by atoms with Crippen molar-refractivity contribution >= 4 is 35.0 Å². The fourth-order valence-corrected chi connectivity index (χ4v) is 4.31. The Labute approximate surface area is 242 Å². The number of carbonyl (C=O) groups is 4. The lowest BCUT2D eigenvalue weighted by molar-refractivity contribution is -0.384. The number of benzene rings is 3. The maximum atomic E-state index is 12.6. The van der Waals surface area contributed by atoms with Gasteiger partial charge < -0.3 is 19.1 Å². The molecule has 0 radical (unpaired) electrons. The van der Waals surface area contributed by atoms with E-state index in [0.717, 1.165) is 19.3 Å². The lowest BCUT2D eigenvalue weighted by Gasteiger charge is -2.17. The molecule has 0 aliphatic carbocycles. The highest BCUT2D eigenvalue weighted by molar-refractivity contribution is 6.01. The van der Waals surface area contributed by atoms with Gasteiger partial charge in [0.1, 0.15) is 11.5 Å². The van der Waals surface area contributed by atoms with E-state index in [2.05, 4.69) is 6.92 Å². The van der Waals surface area contributed by atoms with Crippen molar-refractivity contribution in [2.24, 2.45) is 5.92 Å². The summed E-state index contributed by atoms with van der Waals surface area (Å²) in [5.74, 6) is -1.69. The van der Waals surface area contributed by atoms with Gasteiger partial charge in [0.15, 0.2) is 12.4 Å². The second kappa shape index (κ2) is 14.0. The quantitative estimate of drug-likeness (QED) is 0.0848. The number of esters is 2. The van der Waals surface area contributed by atoms with Gasteiger partial charge in [-0.15, -0.1) is 0 Å². The summed E-state index contributed by atoms with van der Waals surface area (Å²) in [6, 6.07) is 18.1. The molecular weight excluding hydrogens is 544 g/mol. The Kier molecular flexibility index (Phi) is 9.99. The summed E-state index contributed by atoms with van der Waals surface area (Å²) < 4.78 is 16.1. The van der Waals surface area contributed by atoms with Crippen LogP contribution < -0.4 is 9.64 Å². The molecule has 0 aromatic heterocycles. The van der Waals surface area contributed by atoms with Crippen LogP contribution in [0.2, 0.25) is 0 Å². The molecule has 1 heterocycles. The van der Waals surface area contributed by atoms with Crippen LogP contribution in [-0.2, 0) is 19.1 Å². The molecular formula is C31H30N2O9. The van der Waals surface area contributed by atoms with Gasteiger partial charge in [0.05, 0.1) is 23.0 Å². The van der Waals surface area contributed by atoms with Gasteiger partial charge in [0, 0.05) is 36.3 Å². The van der Waals surface area contributed by atoms with Crippen LogP contribution in [0.15, 0.2) is 72.8 Å². The number of rotatable bonds is 13. The normalized spacial score (nSPS) is 14.4. The monoisotopic (exact) mass is 574 g/mol. The highest BCUT2D eigenvalue weighted by Crippen LogP contribution is 2.27. The number of anilines is 1. The number of nitro benzene ring substituents is 1. The molecule has 0 saturated carbocycles.